The predicted octanol–water partition coefficient (Wildman–Crippen LogP) is 7.10. The van der Waals surface area contributed by atoms with Gasteiger partial charge < -0.3 is 20.1 Å². The van der Waals surface area contributed by atoms with Crippen molar-refractivity contribution in [3.63, 3.8) is 0 Å². The number of carbonyl (C=O) groups is 1. The van der Waals surface area contributed by atoms with Crippen molar-refractivity contribution in [3.05, 3.63) is 65.5 Å². The number of para-hydroxylation sites is 1. The molecule has 2 amide bonds. The molecule has 164 valence electrons. The summed E-state index contributed by atoms with van der Waals surface area (Å²) >= 11 is 0.964. The lowest BCUT2D eigenvalue weighted by atomic mass is 10.2. The Labute approximate surface area is 175 Å². The molecular formula is C19H12F6N2O3S. The van der Waals surface area contributed by atoms with Crippen LogP contribution in [0, 0.1) is 0 Å². The van der Waals surface area contributed by atoms with Gasteiger partial charge in [0.25, 0.3) is 0 Å². The number of hydrogen-bond acceptors (Lipinski definition) is 4. The fourth-order valence-corrected chi connectivity index (χ4v) is 3.09. The summed E-state index contributed by atoms with van der Waals surface area (Å²) in [5, 5.41) is 6.31. The number of hydrogen-bond donors (Lipinski definition) is 2. The molecule has 0 atom stereocenters. The van der Waals surface area contributed by atoms with Crippen molar-refractivity contribution in [1.29, 1.82) is 0 Å². The lowest BCUT2D eigenvalue weighted by Gasteiger charge is -2.14. The molecule has 0 bridgehead atoms. The Morgan fingerprint density at radius 2 is 1.55 bits per heavy atom. The summed E-state index contributed by atoms with van der Waals surface area (Å²) in [6.45, 7) is 0. The van der Waals surface area contributed by atoms with Gasteiger partial charge in [0.2, 0.25) is 5.06 Å². The summed E-state index contributed by atoms with van der Waals surface area (Å²) < 4.78 is 85.0. The van der Waals surface area contributed by atoms with Gasteiger partial charge >= 0.3 is 18.6 Å². The molecule has 0 radical (unpaired) electrons. The summed E-state index contributed by atoms with van der Waals surface area (Å²) in [5.74, 6) is -0.892. The van der Waals surface area contributed by atoms with E-state index in [2.05, 4.69) is 15.4 Å². The Bertz CT molecular complexity index is 1050. The number of carbonyl (C=O) groups excluding carboxylic acids is 1. The minimum atomic E-state index is -4.84. The molecule has 1 heterocycles. The van der Waals surface area contributed by atoms with Crippen molar-refractivity contribution in [2.45, 2.75) is 12.5 Å². The number of ether oxygens (including phenoxy) is 2. The molecule has 31 heavy (non-hydrogen) atoms. The molecule has 0 aliphatic carbocycles. The first-order chi connectivity index (χ1) is 14.5. The second kappa shape index (κ2) is 8.76. The van der Waals surface area contributed by atoms with Gasteiger partial charge in [0.15, 0.2) is 0 Å². The van der Waals surface area contributed by atoms with Gasteiger partial charge in [0.05, 0.1) is 11.3 Å². The van der Waals surface area contributed by atoms with Crippen LogP contribution in [-0.4, -0.2) is 12.4 Å². The summed E-state index contributed by atoms with van der Waals surface area (Å²) in [4.78, 5) is 12.2. The van der Waals surface area contributed by atoms with Crippen molar-refractivity contribution in [2.24, 2.45) is 0 Å². The molecule has 2 N–H and O–H groups in total. The van der Waals surface area contributed by atoms with Crippen molar-refractivity contribution in [2.75, 3.05) is 10.6 Å². The lowest BCUT2D eigenvalue weighted by Crippen LogP contribution is -2.19. The van der Waals surface area contributed by atoms with E-state index in [-0.39, 0.29) is 16.4 Å². The standard InChI is InChI=1S/C19H12F6N2O3S/c20-18(21,22)13-3-1-2-4-15(13)29-16-14(9-10-31-16)27-17(28)26-11-5-7-12(8-6-11)30-19(23,24)25/h1-10H,(H2,26,27,28). The molecule has 2 aromatic carbocycles. The second-order valence-electron chi connectivity index (χ2n) is 5.87. The summed E-state index contributed by atoms with van der Waals surface area (Å²) in [7, 11) is 0. The Morgan fingerprint density at radius 1 is 0.871 bits per heavy atom. The highest BCUT2D eigenvalue weighted by atomic mass is 32.1. The van der Waals surface area contributed by atoms with Crippen molar-refractivity contribution < 1.29 is 40.6 Å². The first kappa shape index (κ1) is 22.3. The molecule has 1 aromatic heterocycles. The zero-order valence-corrected chi connectivity index (χ0v) is 16.0. The zero-order chi connectivity index (χ0) is 22.6. The van der Waals surface area contributed by atoms with Crippen molar-refractivity contribution in [1.82, 2.24) is 0 Å². The van der Waals surface area contributed by atoms with Crippen LogP contribution in [0.3, 0.4) is 0 Å². The van der Waals surface area contributed by atoms with E-state index in [1.165, 1.54) is 35.7 Å². The first-order valence-electron chi connectivity index (χ1n) is 8.37. The molecule has 5 nitrogen and oxygen atoms in total. The first-order valence-corrected chi connectivity index (χ1v) is 9.24. The third kappa shape index (κ3) is 6.28. The number of nitrogens with one attached hydrogen (secondary N) is 2. The minimum absolute atomic E-state index is 0.0146. The fourth-order valence-electron chi connectivity index (χ4n) is 2.38. The Hall–Kier alpha value is -3.41. The van der Waals surface area contributed by atoms with Crippen LogP contribution in [0.4, 0.5) is 42.5 Å². The summed E-state index contributed by atoms with van der Waals surface area (Å²) in [6, 6.07) is 9.66. The average molecular weight is 462 g/mol. The minimum Gasteiger partial charge on any atom is -0.444 e. The monoisotopic (exact) mass is 462 g/mol. The largest absolute Gasteiger partial charge is 0.573 e. The molecule has 0 saturated heterocycles. The molecule has 12 heteroatoms. The van der Waals surface area contributed by atoms with Crippen LogP contribution in [-0.2, 0) is 6.18 Å². The quantitative estimate of drug-likeness (QED) is 0.398. The summed E-state index contributed by atoms with van der Waals surface area (Å²) in [5.41, 5.74) is -0.705. The Balaban J connectivity index is 1.66. The molecular weight excluding hydrogens is 450 g/mol. The van der Waals surface area contributed by atoms with E-state index in [1.54, 1.807) is 0 Å². The topological polar surface area (TPSA) is 59.6 Å². The molecule has 0 aliphatic rings. The van der Waals surface area contributed by atoms with E-state index in [4.69, 9.17) is 4.74 Å². The van der Waals surface area contributed by atoms with Crippen LogP contribution in [0.2, 0.25) is 0 Å². The van der Waals surface area contributed by atoms with Gasteiger partial charge in [0.1, 0.15) is 11.5 Å². The molecule has 0 spiro atoms. The fraction of sp³-hybridized carbons (Fsp3) is 0.105. The number of anilines is 2. The Morgan fingerprint density at radius 3 is 2.19 bits per heavy atom. The number of rotatable bonds is 5. The molecule has 0 aliphatic heterocycles. The maximum atomic E-state index is 13.1. The van der Waals surface area contributed by atoms with Crippen molar-refractivity contribution in [3.8, 4) is 16.6 Å². The normalized spacial score (nSPS) is 11.7. The van der Waals surface area contributed by atoms with E-state index in [1.807, 2.05) is 0 Å². The SMILES string of the molecule is O=C(Nc1ccc(OC(F)(F)F)cc1)Nc1ccsc1Oc1ccccc1C(F)(F)F. The van der Waals surface area contributed by atoms with Crippen LogP contribution in [0.15, 0.2) is 60.0 Å². The van der Waals surface area contributed by atoms with Gasteiger partial charge in [-0.15, -0.1) is 24.5 Å². The number of urea groups is 1. The van der Waals surface area contributed by atoms with Crippen LogP contribution in [0.1, 0.15) is 5.56 Å². The number of alkyl halides is 6. The maximum absolute atomic E-state index is 13.1. The number of amides is 2. The third-order valence-corrected chi connectivity index (χ3v) is 4.41. The molecule has 3 aromatic rings. The van der Waals surface area contributed by atoms with Gasteiger partial charge in [-0.3, -0.25) is 0 Å². The van der Waals surface area contributed by atoms with E-state index in [0.29, 0.717) is 0 Å². The van der Waals surface area contributed by atoms with E-state index in [0.717, 1.165) is 35.6 Å². The second-order valence-corrected chi connectivity index (χ2v) is 6.75. The smallest absolute Gasteiger partial charge is 0.444 e. The van der Waals surface area contributed by atoms with Crippen LogP contribution >= 0.6 is 11.3 Å². The zero-order valence-electron chi connectivity index (χ0n) is 15.2. The Kier molecular flexibility index (Phi) is 6.29. The molecule has 3 rings (SSSR count). The van der Waals surface area contributed by atoms with Gasteiger partial charge in [0, 0.05) is 5.69 Å². The lowest BCUT2D eigenvalue weighted by molar-refractivity contribution is -0.274. The van der Waals surface area contributed by atoms with Crippen LogP contribution in [0.5, 0.6) is 16.6 Å². The highest BCUT2D eigenvalue weighted by molar-refractivity contribution is 7.12. The highest BCUT2D eigenvalue weighted by Crippen LogP contribution is 2.41. The van der Waals surface area contributed by atoms with Crippen molar-refractivity contribution >= 4 is 28.7 Å². The van der Waals surface area contributed by atoms with Gasteiger partial charge in [-0.2, -0.15) is 13.2 Å². The third-order valence-electron chi connectivity index (χ3n) is 3.62. The maximum Gasteiger partial charge on any atom is 0.573 e. The highest BCUT2D eigenvalue weighted by Gasteiger charge is 2.34. The molecule has 0 saturated carbocycles. The average Bonchev–Trinajstić information content (AvgIpc) is 3.08. The van der Waals surface area contributed by atoms with Crippen LogP contribution in [0.25, 0.3) is 0 Å². The number of benzene rings is 2. The van der Waals surface area contributed by atoms with Gasteiger partial charge in [-0.1, -0.05) is 12.1 Å². The number of thiophene rings is 1. The number of halogens is 6. The molecule has 0 fully saturated rings. The predicted molar refractivity (Wildman–Crippen MR) is 102 cm³/mol. The van der Waals surface area contributed by atoms with E-state index in [9.17, 15) is 31.1 Å². The van der Waals surface area contributed by atoms with Crippen LogP contribution < -0.4 is 20.1 Å². The van der Waals surface area contributed by atoms with E-state index >= 15 is 0 Å². The van der Waals surface area contributed by atoms with E-state index < -0.39 is 35.6 Å². The molecule has 0 unspecified atom stereocenters. The van der Waals surface area contributed by atoms with Gasteiger partial charge in [-0.25, -0.2) is 4.79 Å². The summed E-state index contributed by atoms with van der Waals surface area (Å²) in [6.07, 6.45) is -9.47. The van der Waals surface area contributed by atoms with Gasteiger partial charge in [-0.05, 0) is 47.8 Å².